The van der Waals surface area contributed by atoms with Crippen molar-refractivity contribution in [2.75, 3.05) is 18.5 Å². The molecule has 0 unspecified atom stereocenters. The Balaban J connectivity index is 1.26. The van der Waals surface area contributed by atoms with Crippen molar-refractivity contribution in [2.24, 2.45) is 0 Å². The summed E-state index contributed by atoms with van der Waals surface area (Å²) in [6.45, 7) is 5.78. The standard InChI is InChI=1S/C33H46N2O3S/c1-3-4-5-6-7-8-9-10-11-12-13-16-24-37-30-19-21-31(22-20-30)38-27-33(36)34-32-18-15-14-17-29(32)26-35-23-25-39-28(35)2/h14-15,17-23,25H,3-13,16,24,26-27H2,1-2H3/p+1. The predicted octanol–water partition coefficient (Wildman–Crippen LogP) is 8.49. The minimum absolute atomic E-state index is 0.0436. The number of aromatic nitrogens is 1. The van der Waals surface area contributed by atoms with Gasteiger partial charge in [-0.05, 0) is 36.8 Å². The quantitative estimate of drug-likeness (QED) is 0.113. The lowest BCUT2D eigenvalue weighted by atomic mass is 10.1. The molecule has 3 aromatic rings. The molecule has 1 heterocycles. The van der Waals surface area contributed by atoms with Crippen LogP contribution in [-0.2, 0) is 11.3 Å². The third-order valence-corrected chi connectivity index (χ3v) is 7.81. The van der Waals surface area contributed by atoms with Crippen LogP contribution in [0.5, 0.6) is 11.5 Å². The molecule has 39 heavy (non-hydrogen) atoms. The van der Waals surface area contributed by atoms with Crippen molar-refractivity contribution in [3.05, 3.63) is 70.7 Å². The summed E-state index contributed by atoms with van der Waals surface area (Å²) in [6.07, 6.45) is 18.1. The minimum Gasteiger partial charge on any atom is -0.494 e. The number of nitrogens with one attached hydrogen (secondary N) is 1. The van der Waals surface area contributed by atoms with Gasteiger partial charge in [0.15, 0.2) is 19.3 Å². The van der Waals surface area contributed by atoms with E-state index in [1.165, 1.54) is 75.6 Å². The normalized spacial score (nSPS) is 10.9. The van der Waals surface area contributed by atoms with E-state index in [2.05, 4.69) is 35.3 Å². The lowest BCUT2D eigenvalue weighted by Crippen LogP contribution is -2.34. The molecule has 0 fully saturated rings. The van der Waals surface area contributed by atoms with Crippen LogP contribution in [0.3, 0.4) is 0 Å². The molecule has 0 saturated heterocycles. The van der Waals surface area contributed by atoms with E-state index in [0.29, 0.717) is 12.3 Å². The Morgan fingerprint density at radius 2 is 1.38 bits per heavy atom. The number of nitrogens with zero attached hydrogens (tertiary/aromatic N) is 1. The second kappa shape index (κ2) is 18.4. The van der Waals surface area contributed by atoms with Gasteiger partial charge in [-0.3, -0.25) is 4.79 Å². The third kappa shape index (κ3) is 12.2. The van der Waals surface area contributed by atoms with Crippen molar-refractivity contribution >= 4 is 22.9 Å². The van der Waals surface area contributed by atoms with Crippen molar-refractivity contribution in [1.29, 1.82) is 0 Å². The van der Waals surface area contributed by atoms with Crippen LogP contribution in [0.4, 0.5) is 5.69 Å². The monoisotopic (exact) mass is 551 g/mol. The van der Waals surface area contributed by atoms with Gasteiger partial charge in [0.1, 0.15) is 11.5 Å². The van der Waals surface area contributed by atoms with E-state index in [9.17, 15) is 4.79 Å². The van der Waals surface area contributed by atoms with Crippen LogP contribution >= 0.6 is 11.3 Å². The molecule has 0 aliphatic rings. The Hall–Kier alpha value is -2.86. The summed E-state index contributed by atoms with van der Waals surface area (Å²) in [4.78, 5) is 12.6. The maximum Gasteiger partial charge on any atom is 0.262 e. The molecule has 1 amide bonds. The number of carbonyl (C=O) groups excluding carboxylic acids is 1. The minimum atomic E-state index is -0.179. The van der Waals surface area contributed by atoms with Gasteiger partial charge in [-0.2, -0.15) is 4.57 Å². The fraction of sp³-hybridized carbons (Fsp3) is 0.515. The van der Waals surface area contributed by atoms with E-state index < -0.39 is 0 Å². The number of hydrogen-bond acceptors (Lipinski definition) is 4. The molecule has 0 atom stereocenters. The molecule has 0 radical (unpaired) electrons. The third-order valence-electron chi connectivity index (χ3n) is 6.98. The number of ether oxygens (including phenoxy) is 2. The maximum absolute atomic E-state index is 12.6. The Morgan fingerprint density at radius 3 is 2.00 bits per heavy atom. The fourth-order valence-electron chi connectivity index (χ4n) is 4.60. The number of rotatable bonds is 20. The summed E-state index contributed by atoms with van der Waals surface area (Å²) in [5.74, 6) is 1.31. The highest BCUT2D eigenvalue weighted by atomic mass is 32.1. The first-order valence-electron chi connectivity index (χ1n) is 14.8. The molecule has 0 aliphatic carbocycles. The lowest BCUT2D eigenvalue weighted by molar-refractivity contribution is -0.689. The van der Waals surface area contributed by atoms with Gasteiger partial charge in [-0.1, -0.05) is 107 Å². The number of para-hydroxylation sites is 1. The van der Waals surface area contributed by atoms with Gasteiger partial charge in [-0.15, -0.1) is 0 Å². The highest BCUT2D eigenvalue weighted by Crippen LogP contribution is 2.19. The van der Waals surface area contributed by atoms with E-state index >= 15 is 0 Å². The Labute approximate surface area is 239 Å². The van der Waals surface area contributed by atoms with E-state index in [1.54, 1.807) is 11.3 Å². The van der Waals surface area contributed by atoms with E-state index in [4.69, 9.17) is 9.47 Å². The average Bonchev–Trinajstić information content (AvgIpc) is 3.35. The van der Waals surface area contributed by atoms with E-state index in [-0.39, 0.29) is 12.5 Å². The number of carbonyl (C=O) groups is 1. The average molecular weight is 552 g/mol. The Kier molecular flexibility index (Phi) is 14.5. The molecular formula is C33H47N2O3S+. The highest BCUT2D eigenvalue weighted by molar-refractivity contribution is 7.09. The molecule has 0 saturated carbocycles. The summed E-state index contributed by atoms with van der Waals surface area (Å²) in [5, 5.41) is 6.29. The van der Waals surface area contributed by atoms with E-state index in [0.717, 1.165) is 30.0 Å². The molecule has 0 aliphatic heterocycles. The molecule has 1 aromatic heterocycles. The molecular weight excluding hydrogens is 504 g/mol. The van der Waals surface area contributed by atoms with Crippen LogP contribution in [0.25, 0.3) is 0 Å². The summed E-state index contributed by atoms with van der Waals surface area (Å²) in [6, 6.07) is 15.4. The zero-order chi connectivity index (χ0) is 27.5. The number of aryl methyl sites for hydroxylation is 1. The SMILES string of the molecule is CCCCCCCCCCCCCCOc1ccc(OCC(=O)Nc2ccccc2C[n+]2ccsc2C)cc1. The van der Waals surface area contributed by atoms with Crippen molar-refractivity contribution in [3.8, 4) is 11.5 Å². The summed E-state index contributed by atoms with van der Waals surface area (Å²) in [7, 11) is 0. The molecule has 6 heteroatoms. The van der Waals surface area contributed by atoms with Gasteiger partial charge in [0.05, 0.1) is 17.7 Å². The van der Waals surface area contributed by atoms with Gasteiger partial charge in [-0.25, -0.2) is 0 Å². The number of benzene rings is 2. The maximum atomic E-state index is 12.6. The van der Waals surface area contributed by atoms with Crippen LogP contribution in [0.1, 0.15) is 94.5 Å². The van der Waals surface area contributed by atoms with Crippen LogP contribution in [0.15, 0.2) is 60.1 Å². The van der Waals surface area contributed by atoms with Gasteiger partial charge in [0.25, 0.3) is 5.91 Å². The molecule has 0 bridgehead atoms. The van der Waals surface area contributed by atoms with Crippen LogP contribution < -0.4 is 19.4 Å². The Bertz CT molecular complexity index is 1080. The zero-order valence-electron chi connectivity index (χ0n) is 24.0. The summed E-state index contributed by atoms with van der Waals surface area (Å²) in [5.41, 5.74) is 1.87. The van der Waals surface area contributed by atoms with Gasteiger partial charge < -0.3 is 14.8 Å². The smallest absolute Gasteiger partial charge is 0.262 e. The first-order chi connectivity index (χ1) is 19.2. The van der Waals surface area contributed by atoms with Crippen LogP contribution in [0.2, 0.25) is 0 Å². The van der Waals surface area contributed by atoms with Crippen LogP contribution in [-0.4, -0.2) is 19.1 Å². The van der Waals surface area contributed by atoms with Crippen molar-refractivity contribution in [2.45, 2.75) is 97.4 Å². The number of thiazole rings is 1. The van der Waals surface area contributed by atoms with Gasteiger partial charge in [0, 0.05) is 12.5 Å². The molecule has 2 aromatic carbocycles. The first kappa shape index (κ1) is 30.7. The highest BCUT2D eigenvalue weighted by Gasteiger charge is 2.13. The molecule has 212 valence electrons. The van der Waals surface area contributed by atoms with Crippen molar-refractivity contribution < 1.29 is 18.8 Å². The van der Waals surface area contributed by atoms with Gasteiger partial charge >= 0.3 is 0 Å². The molecule has 3 rings (SSSR count). The number of anilines is 1. The largest absolute Gasteiger partial charge is 0.494 e. The number of amides is 1. The molecule has 0 spiro atoms. The van der Waals surface area contributed by atoms with E-state index in [1.807, 2.05) is 48.5 Å². The van der Waals surface area contributed by atoms with Crippen LogP contribution in [0, 0.1) is 6.92 Å². The topological polar surface area (TPSA) is 51.4 Å². The first-order valence-corrected chi connectivity index (χ1v) is 15.7. The second-order valence-electron chi connectivity index (χ2n) is 10.3. The fourth-order valence-corrected chi connectivity index (χ4v) is 5.27. The van der Waals surface area contributed by atoms with Gasteiger partial charge in [0.2, 0.25) is 5.01 Å². The number of unbranched alkanes of at least 4 members (excludes halogenated alkanes) is 11. The van der Waals surface area contributed by atoms with Crippen molar-refractivity contribution in [1.82, 2.24) is 0 Å². The summed E-state index contributed by atoms with van der Waals surface area (Å²) >= 11 is 1.71. The lowest BCUT2D eigenvalue weighted by Gasteiger charge is -2.11. The Morgan fingerprint density at radius 1 is 0.795 bits per heavy atom. The predicted molar refractivity (Wildman–Crippen MR) is 162 cm³/mol. The summed E-state index contributed by atoms with van der Waals surface area (Å²) < 4.78 is 13.8. The molecule has 1 N–H and O–H groups in total. The molecule has 5 nitrogen and oxygen atoms in total. The second-order valence-corrected chi connectivity index (χ2v) is 11.4. The number of hydrogen-bond donors (Lipinski definition) is 1. The zero-order valence-corrected chi connectivity index (χ0v) is 24.8. The van der Waals surface area contributed by atoms with Crippen molar-refractivity contribution in [3.63, 3.8) is 0 Å².